The average Bonchev–Trinajstić information content (AvgIpc) is 3.47. The largest absolute Gasteiger partial charge is 0.460 e. The van der Waals surface area contributed by atoms with Crippen molar-refractivity contribution in [2.24, 2.45) is 0 Å². The van der Waals surface area contributed by atoms with Gasteiger partial charge >= 0.3 is 5.97 Å². The van der Waals surface area contributed by atoms with Gasteiger partial charge in [0.15, 0.2) is 17.2 Å². The van der Waals surface area contributed by atoms with Gasteiger partial charge < -0.3 is 19.7 Å². The van der Waals surface area contributed by atoms with Gasteiger partial charge in [-0.1, -0.05) is 57.6 Å². The molecule has 0 aromatic carbocycles. The number of carbonyl (C=O) groups is 3. The summed E-state index contributed by atoms with van der Waals surface area (Å²) < 4.78 is 10.5. The van der Waals surface area contributed by atoms with Crippen LogP contribution in [0.3, 0.4) is 0 Å². The first kappa shape index (κ1) is 28.5. The van der Waals surface area contributed by atoms with Gasteiger partial charge in [-0.15, -0.1) is 0 Å². The summed E-state index contributed by atoms with van der Waals surface area (Å²) in [6.45, 7) is 3.69. The second-order valence-corrected chi connectivity index (χ2v) is 8.78. The van der Waals surface area contributed by atoms with Crippen molar-refractivity contribution in [2.75, 3.05) is 13.2 Å². The molecular formula is C25H42O7. The number of allylic oxidation sites excluding steroid dienone is 2. The van der Waals surface area contributed by atoms with E-state index in [1.807, 2.05) is 0 Å². The van der Waals surface area contributed by atoms with Gasteiger partial charge in [0.05, 0.1) is 6.61 Å². The van der Waals surface area contributed by atoms with Crippen LogP contribution in [0.25, 0.3) is 0 Å². The Morgan fingerprint density at radius 3 is 2.00 bits per heavy atom. The first-order valence-corrected chi connectivity index (χ1v) is 12.1. The molecule has 0 aliphatic carbocycles. The van der Waals surface area contributed by atoms with Crippen molar-refractivity contribution >= 4 is 17.5 Å². The number of carbonyl (C=O) groups excluding carboxylic acids is 3. The van der Waals surface area contributed by atoms with Gasteiger partial charge in [0.2, 0.25) is 0 Å². The molecule has 0 radical (unpaired) electrons. The molecule has 7 heteroatoms. The smallest absolute Gasteiger partial charge is 0.350 e. The fourth-order valence-corrected chi connectivity index (χ4v) is 4.08. The Balaban J connectivity index is 2.39. The number of rotatable bonds is 19. The molecule has 1 fully saturated rings. The van der Waals surface area contributed by atoms with Crippen LogP contribution in [-0.2, 0) is 23.9 Å². The lowest BCUT2D eigenvalue weighted by Gasteiger charge is -2.16. The van der Waals surface area contributed by atoms with E-state index in [1.165, 1.54) is 52.4 Å². The Kier molecular flexibility index (Phi) is 12.9. The molecule has 0 spiro atoms. The summed E-state index contributed by atoms with van der Waals surface area (Å²) in [6.07, 6.45) is 15.8. The van der Waals surface area contributed by atoms with Gasteiger partial charge in [0, 0.05) is 0 Å². The molecule has 0 aromatic heterocycles. The zero-order valence-corrected chi connectivity index (χ0v) is 20.1. The van der Waals surface area contributed by atoms with E-state index in [0.717, 1.165) is 25.7 Å². The van der Waals surface area contributed by atoms with Crippen LogP contribution in [0.2, 0.25) is 0 Å². The zero-order valence-electron chi connectivity index (χ0n) is 20.1. The van der Waals surface area contributed by atoms with Crippen molar-refractivity contribution in [1.29, 1.82) is 0 Å². The van der Waals surface area contributed by atoms with Crippen LogP contribution in [0.4, 0.5) is 0 Å². The van der Waals surface area contributed by atoms with Crippen molar-refractivity contribution < 1.29 is 34.1 Å². The minimum absolute atomic E-state index is 0.265. The third-order valence-electron chi connectivity index (χ3n) is 6.11. The van der Waals surface area contributed by atoms with E-state index >= 15 is 0 Å². The minimum atomic E-state index is -1.94. The summed E-state index contributed by atoms with van der Waals surface area (Å²) in [6, 6.07) is 0. The van der Waals surface area contributed by atoms with Crippen molar-refractivity contribution in [3.05, 3.63) is 12.2 Å². The highest BCUT2D eigenvalue weighted by molar-refractivity contribution is 6.17. The molecule has 3 unspecified atom stereocenters. The van der Waals surface area contributed by atoms with E-state index in [4.69, 9.17) is 14.6 Å². The summed E-state index contributed by atoms with van der Waals surface area (Å²) in [4.78, 5) is 37.1. The van der Waals surface area contributed by atoms with Gasteiger partial charge in [0.25, 0.3) is 5.60 Å². The Morgan fingerprint density at radius 2 is 1.47 bits per heavy atom. The second-order valence-electron chi connectivity index (χ2n) is 8.78. The number of aliphatic hydroxyl groups is 2. The highest BCUT2D eigenvalue weighted by Gasteiger charge is 2.81. The van der Waals surface area contributed by atoms with Gasteiger partial charge in [-0.2, -0.15) is 0 Å². The lowest BCUT2D eigenvalue weighted by Crippen LogP contribution is -2.45. The summed E-state index contributed by atoms with van der Waals surface area (Å²) >= 11 is 0. The number of hydrogen-bond acceptors (Lipinski definition) is 7. The van der Waals surface area contributed by atoms with Gasteiger partial charge in [-0.05, 0) is 52.4 Å². The summed E-state index contributed by atoms with van der Waals surface area (Å²) in [5.41, 5.74) is -3.43. The van der Waals surface area contributed by atoms with Gasteiger partial charge in [-0.25, -0.2) is 4.79 Å². The van der Waals surface area contributed by atoms with E-state index in [1.54, 1.807) is 0 Å². The van der Waals surface area contributed by atoms with Crippen molar-refractivity contribution in [3.63, 3.8) is 0 Å². The number of epoxide rings is 1. The van der Waals surface area contributed by atoms with E-state index in [9.17, 15) is 19.5 Å². The van der Waals surface area contributed by atoms with Gasteiger partial charge in [-0.3, -0.25) is 9.59 Å². The third kappa shape index (κ3) is 7.78. The second kappa shape index (κ2) is 14.6. The predicted molar refractivity (Wildman–Crippen MR) is 122 cm³/mol. The van der Waals surface area contributed by atoms with Crippen LogP contribution in [-0.4, -0.2) is 58.3 Å². The molecule has 0 bridgehead atoms. The quantitative estimate of drug-likeness (QED) is 0.100. The molecule has 1 heterocycles. The van der Waals surface area contributed by atoms with Crippen LogP contribution in [0.15, 0.2) is 12.2 Å². The number of aliphatic hydroxyl groups excluding tert-OH is 2. The minimum Gasteiger partial charge on any atom is -0.460 e. The van der Waals surface area contributed by atoms with Crippen molar-refractivity contribution in [2.45, 2.75) is 115 Å². The lowest BCUT2D eigenvalue weighted by atomic mass is 9.82. The number of hydrogen-bond donors (Lipinski definition) is 2. The fourth-order valence-electron chi connectivity index (χ4n) is 4.08. The number of ketones is 2. The average molecular weight is 455 g/mol. The molecule has 1 aliphatic heterocycles. The summed E-state index contributed by atoms with van der Waals surface area (Å²) in [5, 5.41) is 18.2. The molecule has 1 saturated heterocycles. The molecule has 32 heavy (non-hydrogen) atoms. The fraction of sp³-hybridized carbons (Fsp3) is 0.800. The maximum absolute atomic E-state index is 12.5. The Bertz CT molecular complexity index is 630. The van der Waals surface area contributed by atoms with Crippen LogP contribution in [0.5, 0.6) is 0 Å². The Morgan fingerprint density at radius 1 is 0.906 bits per heavy atom. The molecular weight excluding hydrogens is 412 g/mol. The SMILES string of the molecule is CCCCCCCC/C=C\CCCCCC1(C(C)=O)OC1(C(C)=O)C(=O)OCC(O)CO. The summed E-state index contributed by atoms with van der Waals surface area (Å²) in [5.74, 6) is -1.95. The molecule has 0 saturated carbocycles. The molecule has 184 valence electrons. The number of Topliss-reactive ketones (excluding diaryl/α,β-unsaturated/α-hetero) is 2. The van der Waals surface area contributed by atoms with Crippen LogP contribution >= 0.6 is 0 Å². The maximum atomic E-state index is 12.5. The summed E-state index contributed by atoms with van der Waals surface area (Å²) in [7, 11) is 0. The Labute approximate surface area is 192 Å². The van der Waals surface area contributed by atoms with Crippen molar-refractivity contribution in [3.8, 4) is 0 Å². The molecule has 1 aliphatic rings. The highest BCUT2D eigenvalue weighted by Crippen LogP contribution is 2.53. The van der Waals surface area contributed by atoms with Crippen LogP contribution in [0.1, 0.15) is 97.8 Å². The van der Waals surface area contributed by atoms with E-state index < -0.39 is 42.3 Å². The van der Waals surface area contributed by atoms with Gasteiger partial charge in [0.1, 0.15) is 12.7 Å². The Hall–Kier alpha value is -1.57. The molecule has 7 nitrogen and oxygen atoms in total. The van der Waals surface area contributed by atoms with E-state index in [-0.39, 0.29) is 12.2 Å². The zero-order chi connectivity index (χ0) is 24.0. The first-order chi connectivity index (χ1) is 15.3. The van der Waals surface area contributed by atoms with E-state index in [2.05, 4.69) is 19.1 Å². The van der Waals surface area contributed by atoms with Crippen molar-refractivity contribution in [1.82, 2.24) is 0 Å². The predicted octanol–water partition coefficient (Wildman–Crippen LogP) is 3.83. The van der Waals surface area contributed by atoms with Crippen LogP contribution < -0.4 is 0 Å². The molecule has 2 N–H and O–H groups in total. The molecule has 3 atom stereocenters. The number of esters is 1. The lowest BCUT2D eigenvalue weighted by molar-refractivity contribution is -0.156. The first-order valence-electron chi connectivity index (χ1n) is 12.1. The maximum Gasteiger partial charge on any atom is 0.350 e. The number of ether oxygens (including phenoxy) is 2. The standard InChI is InChI=1S/C25H42O7/c1-4-5-6-7-8-9-10-11-12-13-14-15-16-17-24(20(2)27)25(32-24,21(3)28)23(30)31-19-22(29)18-26/h11-12,22,26,29H,4-10,13-19H2,1-3H3/b12-11-. The molecule has 0 aromatic rings. The van der Waals surface area contributed by atoms with Crippen LogP contribution in [0, 0.1) is 0 Å². The monoisotopic (exact) mass is 454 g/mol. The third-order valence-corrected chi connectivity index (χ3v) is 6.11. The van der Waals surface area contributed by atoms with E-state index in [0.29, 0.717) is 6.42 Å². The number of unbranched alkanes of at least 4 members (excludes halogenated alkanes) is 9. The normalized spacial score (nSPS) is 23.3. The topological polar surface area (TPSA) is 113 Å². The molecule has 0 amide bonds. The molecule has 1 rings (SSSR count). The highest BCUT2D eigenvalue weighted by atomic mass is 16.7.